The number of carbonyl (C=O) groups excluding carboxylic acids is 1. The van der Waals surface area contributed by atoms with Gasteiger partial charge in [0.2, 0.25) is 5.91 Å². The molecule has 5 heteroatoms. The van der Waals surface area contributed by atoms with Gasteiger partial charge in [-0.2, -0.15) is 0 Å². The second-order valence-electron chi connectivity index (χ2n) is 6.97. The summed E-state index contributed by atoms with van der Waals surface area (Å²) in [5.41, 5.74) is -0.0880. The van der Waals surface area contributed by atoms with E-state index < -0.39 is 0 Å². The highest BCUT2D eigenvalue weighted by Gasteiger charge is 2.33. The number of nitrogens with zero attached hydrogens (tertiary/aromatic N) is 1. The van der Waals surface area contributed by atoms with Gasteiger partial charge in [0.15, 0.2) is 0 Å². The van der Waals surface area contributed by atoms with E-state index in [1.54, 1.807) is 17.4 Å². The van der Waals surface area contributed by atoms with E-state index in [0.717, 1.165) is 18.0 Å². The third-order valence-electron chi connectivity index (χ3n) is 4.13. The van der Waals surface area contributed by atoms with Gasteiger partial charge in [-0.25, -0.2) is 0 Å². The fourth-order valence-corrected chi connectivity index (χ4v) is 3.63. The van der Waals surface area contributed by atoms with E-state index in [2.05, 4.69) is 50.9 Å². The molecule has 2 heterocycles. The largest absolute Gasteiger partial charge is 0.373 e. The molecule has 1 aromatic rings. The van der Waals surface area contributed by atoms with Crippen LogP contribution in [-0.2, 0) is 9.53 Å². The predicted octanol–water partition coefficient (Wildman–Crippen LogP) is 3.07. The number of ether oxygens (including phenoxy) is 1. The highest BCUT2D eigenvalue weighted by molar-refractivity contribution is 7.12. The number of hydrogen-bond acceptors (Lipinski definition) is 4. The molecule has 2 atom stereocenters. The minimum atomic E-state index is -0.0880. The molecule has 0 aliphatic carbocycles. The summed E-state index contributed by atoms with van der Waals surface area (Å²) in [7, 11) is 0. The molecule has 128 valence electrons. The standard InChI is InChI=1S/C18H28N2O2S/c1-13-10-20(11-14(2)22-13)18(4,5)12-19-17(21)9-8-16-7-6-15(3)23-16/h6-9,13-14H,10-12H2,1-5H3,(H,19,21)/b9-8-/t13-,14-/m0/s1. The first-order valence-electron chi connectivity index (χ1n) is 8.19. The number of carbonyl (C=O) groups is 1. The Kier molecular flexibility index (Phi) is 6.00. The van der Waals surface area contributed by atoms with E-state index in [1.165, 1.54) is 4.88 Å². The summed E-state index contributed by atoms with van der Waals surface area (Å²) in [6.07, 6.45) is 3.96. The van der Waals surface area contributed by atoms with Crippen molar-refractivity contribution in [3.8, 4) is 0 Å². The van der Waals surface area contributed by atoms with Gasteiger partial charge in [0.05, 0.1) is 12.2 Å². The highest BCUT2D eigenvalue weighted by atomic mass is 32.1. The lowest BCUT2D eigenvalue weighted by molar-refractivity contribution is -0.118. The third-order valence-corrected chi connectivity index (χ3v) is 5.10. The van der Waals surface area contributed by atoms with E-state index in [1.807, 2.05) is 12.1 Å². The topological polar surface area (TPSA) is 41.6 Å². The molecule has 0 spiro atoms. The maximum atomic E-state index is 12.0. The zero-order valence-electron chi connectivity index (χ0n) is 14.8. The monoisotopic (exact) mass is 336 g/mol. The molecule has 1 saturated heterocycles. The van der Waals surface area contributed by atoms with Crippen LogP contribution in [0.2, 0.25) is 0 Å². The Morgan fingerprint density at radius 1 is 1.39 bits per heavy atom. The molecular weight excluding hydrogens is 308 g/mol. The smallest absolute Gasteiger partial charge is 0.244 e. The van der Waals surface area contributed by atoms with Crippen molar-refractivity contribution in [2.24, 2.45) is 0 Å². The van der Waals surface area contributed by atoms with Crippen LogP contribution < -0.4 is 5.32 Å². The molecule has 2 rings (SSSR count). The quantitative estimate of drug-likeness (QED) is 0.840. The van der Waals surface area contributed by atoms with Crippen LogP contribution in [0.15, 0.2) is 18.2 Å². The number of aryl methyl sites for hydroxylation is 1. The molecule has 1 aliphatic heterocycles. The molecule has 0 aromatic carbocycles. The van der Waals surface area contributed by atoms with E-state index in [-0.39, 0.29) is 23.7 Å². The minimum absolute atomic E-state index is 0.0431. The molecule has 23 heavy (non-hydrogen) atoms. The fraction of sp³-hybridized carbons (Fsp3) is 0.611. The molecule has 0 radical (unpaired) electrons. The Balaban J connectivity index is 1.85. The van der Waals surface area contributed by atoms with Gasteiger partial charge < -0.3 is 10.1 Å². The molecule has 1 aliphatic rings. The van der Waals surface area contributed by atoms with Crippen molar-refractivity contribution in [2.75, 3.05) is 19.6 Å². The van der Waals surface area contributed by atoms with Gasteiger partial charge in [-0.05, 0) is 52.8 Å². The van der Waals surface area contributed by atoms with Crippen LogP contribution in [0.5, 0.6) is 0 Å². The van der Waals surface area contributed by atoms with Crippen molar-refractivity contribution in [1.82, 2.24) is 10.2 Å². The van der Waals surface area contributed by atoms with E-state index in [4.69, 9.17) is 4.74 Å². The van der Waals surface area contributed by atoms with Gasteiger partial charge in [0, 0.05) is 41.0 Å². The normalized spacial score (nSPS) is 23.3. The van der Waals surface area contributed by atoms with Crippen molar-refractivity contribution in [3.63, 3.8) is 0 Å². The van der Waals surface area contributed by atoms with Crippen LogP contribution in [0.3, 0.4) is 0 Å². The average molecular weight is 337 g/mol. The van der Waals surface area contributed by atoms with Crippen LogP contribution in [0.25, 0.3) is 6.08 Å². The molecule has 4 nitrogen and oxygen atoms in total. The number of morpholine rings is 1. The summed E-state index contributed by atoms with van der Waals surface area (Å²) in [6.45, 7) is 13.0. The second-order valence-corrected chi connectivity index (χ2v) is 8.29. The van der Waals surface area contributed by atoms with Gasteiger partial charge in [-0.1, -0.05) is 0 Å². The van der Waals surface area contributed by atoms with E-state index in [0.29, 0.717) is 6.54 Å². The maximum Gasteiger partial charge on any atom is 0.244 e. The fourth-order valence-electron chi connectivity index (χ4n) is 2.85. The van der Waals surface area contributed by atoms with Crippen LogP contribution in [0.1, 0.15) is 37.4 Å². The Morgan fingerprint density at radius 2 is 2.04 bits per heavy atom. The minimum Gasteiger partial charge on any atom is -0.373 e. The van der Waals surface area contributed by atoms with Crippen molar-refractivity contribution < 1.29 is 9.53 Å². The number of thiophene rings is 1. The number of nitrogens with one attached hydrogen (secondary N) is 1. The predicted molar refractivity (Wildman–Crippen MR) is 96.8 cm³/mol. The molecule has 1 fully saturated rings. The molecule has 1 amide bonds. The van der Waals surface area contributed by atoms with Crippen LogP contribution in [-0.4, -0.2) is 48.2 Å². The van der Waals surface area contributed by atoms with Crippen molar-refractivity contribution in [3.05, 3.63) is 28.0 Å². The summed E-state index contributed by atoms with van der Waals surface area (Å²) in [4.78, 5) is 16.8. The molecule has 1 N–H and O–H groups in total. The first-order valence-corrected chi connectivity index (χ1v) is 9.01. The molecular formula is C18H28N2O2S. The van der Waals surface area contributed by atoms with E-state index >= 15 is 0 Å². The lowest BCUT2D eigenvalue weighted by Crippen LogP contribution is -2.58. The van der Waals surface area contributed by atoms with E-state index in [9.17, 15) is 4.79 Å². The van der Waals surface area contributed by atoms with Crippen LogP contribution in [0.4, 0.5) is 0 Å². The van der Waals surface area contributed by atoms with Gasteiger partial charge in [0.25, 0.3) is 0 Å². The van der Waals surface area contributed by atoms with Gasteiger partial charge in [0.1, 0.15) is 0 Å². The van der Waals surface area contributed by atoms with Gasteiger partial charge in [-0.15, -0.1) is 11.3 Å². The Labute approximate surface area is 143 Å². The van der Waals surface area contributed by atoms with Crippen molar-refractivity contribution >= 4 is 23.3 Å². The second kappa shape index (κ2) is 7.60. The number of amides is 1. The lowest BCUT2D eigenvalue weighted by atomic mass is 10.00. The summed E-state index contributed by atoms with van der Waals surface area (Å²) >= 11 is 1.69. The van der Waals surface area contributed by atoms with Gasteiger partial charge >= 0.3 is 0 Å². The number of hydrogen-bond donors (Lipinski definition) is 1. The summed E-state index contributed by atoms with van der Waals surface area (Å²) in [6, 6.07) is 4.09. The zero-order chi connectivity index (χ0) is 17.0. The van der Waals surface area contributed by atoms with Gasteiger partial charge in [-0.3, -0.25) is 9.69 Å². The Bertz CT molecular complexity index is 555. The SMILES string of the molecule is Cc1ccc(/C=C\C(=O)NCC(C)(C)N2C[C@H](C)O[C@@H](C)C2)s1. The molecule has 0 bridgehead atoms. The Hall–Kier alpha value is -1.17. The van der Waals surface area contributed by atoms with Crippen LogP contribution in [0, 0.1) is 6.92 Å². The van der Waals surface area contributed by atoms with Crippen molar-refractivity contribution in [2.45, 2.75) is 52.4 Å². The maximum absolute atomic E-state index is 12.0. The first-order chi connectivity index (χ1) is 10.8. The summed E-state index contributed by atoms with van der Waals surface area (Å²) in [5.74, 6) is -0.0431. The van der Waals surface area contributed by atoms with Crippen LogP contribution >= 0.6 is 11.3 Å². The van der Waals surface area contributed by atoms with Crippen molar-refractivity contribution in [1.29, 1.82) is 0 Å². The lowest BCUT2D eigenvalue weighted by Gasteiger charge is -2.45. The Morgan fingerprint density at radius 3 is 2.61 bits per heavy atom. The highest BCUT2D eigenvalue weighted by Crippen LogP contribution is 2.20. The molecule has 1 aromatic heterocycles. The third kappa shape index (κ3) is 5.44. The first kappa shape index (κ1) is 18.2. The number of rotatable bonds is 5. The zero-order valence-corrected chi connectivity index (χ0v) is 15.6. The summed E-state index contributed by atoms with van der Waals surface area (Å²) in [5, 5.41) is 3.02. The summed E-state index contributed by atoms with van der Waals surface area (Å²) < 4.78 is 5.79. The average Bonchev–Trinajstić information content (AvgIpc) is 2.88. The molecule has 0 unspecified atom stereocenters. The molecule has 0 saturated carbocycles.